The summed E-state index contributed by atoms with van der Waals surface area (Å²) in [6.45, 7) is 1.52. The lowest BCUT2D eigenvalue weighted by atomic mass is 10.1. The van der Waals surface area contributed by atoms with Gasteiger partial charge < -0.3 is 0 Å². The van der Waals surface area contributed by atoms with E-state index in [1.165, 1.54) is 6.92 Å². The quantitative estimate of drug-likeness (QED) is 0.425. The Hall–Kier alpha value is -1.96. The minimum absolute atomic E-state index is 0.0150. The van der Waals surface area contributed by atoms with Crippen molar-refractivity contribution in [1.82, 2.24) is 0 Å². The fraction of sp³-hybridized carbons (Fsp3) is 0.200. The summed E-state index contributed by atoms with van der Waals surface area (Å²) < 4.78 is 0. The first-order valence-corrected chi connectivity index (χ1v) is 5.63. The monoisotopic (exact) mass is 228 g/mol. The third kappa shape index (κ3) is 5.61. The van der Waals surface area contributed by atoms with E-state index in [0.717, 1.165) is 12.8 Å². The van der Waals surface area contributed by atoms with Gasteiger partial charge in [-0.2, -0.15) is 0 Å². The molecule has 0 radical (unpaired) electrons. The van der Waals surface area contributed by atoms with Gasteiger partial charge in [0.25, 0.3) is 0 Å². The van der Waals surface area contributed by atoms with Gasteiger partial charge in [-0.15, -0.1) is 0 Å². The van der Waals surface area contributed by atoms with Gasteiger partial charge in [0.15, 0.2) is 11.6 Å². The number of hydrogen-bond acceptors (Lipinski definition) is 2. The summed E-state index contributed by atoms with van der Waals surface area (Å²) in [6.07, 6.45) is 8.32. The third-order valence-corrected chi connectivity index (χ3v) is 2.18. The van der Waals surface area contributed by atoms with Gasteiger partial charge >= 0.3 is 0 Å². The molecule has 0 bridgehead atoms. The van der Waals surface area contributed by atoms with Crippen molar-refractivity contribution in [2.24, 2.45) is 0 Å². The van der Waals surface area contributed by atoms with Gasteiger partial charge in [0.1, 0.15) is 0 Å². The first kappa shape index (κ1) is 13.1. The maximum atomic E-state index is 11.6. The molecule has 17 heavy (non-hydrogen) atoms. The normalized spacial score (nSPS) is 11.1. The highest BCUT2D eigenvalue weighted by atomic mass is 16.1. The number of allylic oxidation sites excluding steroid dienone is 4. The number of hydrogen-bond donors (Lipinski definition) is 0. The summed E-state index contributed by atoms with van der Waals surface area (Å²) >= 11 is 0. The lowest BCUT2D eigenvalue weighted by molar-refractivity contribution is -0.112. The zero-order valence-corrected chi connectivity index (χ0v) is 9.93. The SMILES string of the molecule is CC(=O)/C=C/CC/C=C/C(=O)c1ccccc1. The van der Waals surface area contributed by atoms with Crippen molar-refractivity contribution < 1.29 is 9.59 Å². The molecule has 0 aliphatic rings. The molecule has 0 aliphatic carbocycles. The van der Waals surface area contributed by atoms with Crippen LogP contribution in [-0.4, -0.2) is 11.6 Å². The highest BCUT2D eigenvalue weighted by Gasteiger charge is 1.97. The van der Waals surface area contributed by atoms with E-state index >= 15 is 0 Å². The van der Waals surface area contributed by atoms with Crippen molar-refractivity contribution >= 4 is 11.6 Å². The van der Waals surface area contributed by atoms with Gasteiger partial charge in [-0.1, -0.05) is 42.5 Å². The maximum absolute atomic E-state index is 11.6. The summed E-state index contributed by atoms with van der Waals surface area (Å²) in [5, 5.41) is 0. The fourth-order valence-corrected chi connectivity index (χ4v) is 1.33. The zero-order valence-electron chi connectivity index (χ0n) is 9.93. The van der Waals surface area contributed by atoms with E-state index in [1.54, 1.807) is 24.3 Å². The van der Waals surface area contributed by atoms with Crippen LogP contribution in [0.1, 0.15) is 30.1 Å². The standard InChI is InChI=1S/C15H16O2/c1-13(16)9-5-2-3-8-12-15(17)14-10-6-4-7-11-14/h4-12H,2-3H2,1H3/b9-5+,12-8+. The van der Waals surface area contributed by atoms with Crippen molar-refractivity contribution in [3.63, 3.8) is 0 Å². The van der Waals surface area contributed by atoms with Crippen molar-refractivity contribution in [3.8, 4) is 0 Å². The molecule has 0 unspecified atom stereocenters. The molecule has 2 heteroatoms. The summed E-state index contributed by atoms with van der Waals surface area (Å²) in [5.74, 6) is 0.0653. The molecule has 0 N–H and O–H groups in total. The predicted molar refractivity (Wildman–Crippen MR) is 69.0 cm³/mol. The Kier molecular flexibility index (Phi) is 5.66. The lowest BCUT2D eigenvalue weighted by Crippen LogP contribution is -1.92. The fourth-order valence-electron chi connectivity index (χ4n) is 1.33. The Balaban J connectivity index is 2.35. The number of unbranched alkanes of at least 4 members (excludes halogenated alkanes) is 1. The van der Waals surface area contributed by atoms with E-state index in [9.17, 15) is 9.59 Å². The lowest BCUT2D eigenvalue weighted by Gasteiger charge is -1.93. The number of carbonyl (C=O) groups excluding carboxylic acids is 2. The summed E-state index contributed by atoms with van der Waals surface area (Å²) in [7, 11) is 0. The third-order valence-electron chi connectivity index (χ3n) is 2.18. The largest absolute Gasteiger partial charge is 0.295 e. The van der Waals surface area contributed by atoms with E-state index in [1.807, 2.05) is 30.4 Å². The number of rotatable bonds is 6. The van der Waals surface area contributed by atoms with Crippen LogP contribution in [0.25, 0.3) is 0 Å². The first-order valence-electron chi connectivity index (χ1n) is 5.63. The Morgan fingerprint density at radius 3 is 2.18 bits per heavy atom. The molecule has 1 rings (SSSR count). The summed E-state index contributed by atoms with van der Waals surface area (Å²) in [6, 6.07) is 9.16. The van der Waals surface area contributed by atoms with Crippen molar-refractivity contribution in [3.05, 3.63) is 60.2 Å². The molecule has 2 nitrogen and oxygen atoms in total. The minimum Gasteiger partial charge on any atom is -0.295 e. The zero-order chi connectivity index (χ0) is 12.5. The first-order chi connectivity index (χ1) is 8.20. The molecule has 0 saturated heterocycles. The second-order valence-corrected chi connectivity index (χ2v) is 3.72. The molecule has 0 amide bonds. The molecule has 0 aliphatic heterocycles. The molecule has 88 valence electrons. The van der Waals surface area contributed by atoms with Crippen molar-refractivity contribution in [1.29, 1.82) is 0 Å². The van der Waals surface area contributed by atoms with Gasteiger partial charge in [0.2, 0.25) is 0 Å². The van der Waals surface area contributed by atoms with E-state index in [2.05, 4.69) is 0 Å². The molecule has 0 atom stereocenters. The van der Waals surface area contributed by atoms with Crippen LogP contribution < -0.4 is 0 Å². The van der Waals surface area contributed by atoms with Crippen LogP contribution in [0.4, 0.5) is 0 Å². The van der Waals surface area contributed by atoms with Crippen LogP contribution >= 0.6 is 0 Å². The Morgan fingerprint density at radius 2 is 1.59 bits per heavy atom. The van der Waals surface area contributed by atoms with Crippen LogP contribution in [0.5, 0.6) is 0 Å². The molecule has 0 fully saturated rings. The average molecular weight is 228 g/mol. The van der Waals surface area contributed by atoms with Gasteiger partial charge in [0, 0.05) is 5.56 Å². The summed E-state index contributed by atoms with van der Waals surface area (Å²) in [5.41, 5.74) is 0.697. The second-order valence-electron chi connectivity index (χ2n) is 3.72. The van der Waals surface area contributed by atoms with Crippen molar-refractivity contribution in [2.75, 3.05) is 0 Å². The molecule has 0 aromatic heterocycles. The van der Waals surface area contributed by atoms with Crippen LogP contribution in [0, 0.1) is 0 Å². The topological polar surface area (TPSA) is 34.1 Å². The molecular weight excluding hydrogens is 212 g/mol. The number of ketones is 2. The van der Waals surface area contributed by atoms with E-state index in [0.29, 0.717) is 5.56 Å². The highest BCUT2D eigenvalue weighted by molar-refractivity contribution is 6.04. The smallest absolute Gasteiger partial charge is 0.185 e. The van der Waals surface area contributed by atoms with E-state index < -0.39 is 0 Å². The Morgan fingerprint density at radius 1 is 1.00 bits per heavy atom. The minimum atomic E-state index is 0.0150. The molecule has 0 spiro atoms. The molecule has 0 heterocycles. The number of benzene rings is 1. The maximum Gasteiger partial charge on any atom is 0.185 e. The molecular formula is C15H16O2. The summed E-state index contributed by atoms with van der Waals surface area (Å²) in [4.78, 5) is 22.2. The second kappa shape index (κ2) is 7.34. The molecule has 1 aromatic rings. The average Bonchev–Trinajstić information content (AvgIpc) is 2.34. The van der Waals surface area contributed by atoms with E-state index in [4.69, 9.17) is 0 Å². The van der Waals surface area contributed by atoms with Gasteiger partial charge in [-0.3, -0.25) is 9.59 Å². The Labute approximate surface area is 102 Å². The van der Waals surface area contributed by atoms with Crippen LogP contribution in [0.2, 0.25) is 0 Å². The number of carbonyl (C=O) groups is 2. The molecule has 0 saturated carbocycles. The van der Waals surface area contributed by atoms with Gasteiger partial charge in [-0.05, 0) is 31.9 Å². The molecule has 1 aromatic carbocycles. The van der Waals surface area contributed by atoms with Crippen LogP contribution in [-0.2, 0) is 4.79 Å². The highest BCUT2D eigenvalue weighted by Crippen LogP contribution is 2.02. The van der Waals surface area contributed by atoms with Crippen molar-refractivity contribution in [2.45, 2.75) is 19.8 Å². The van der Waals surface area contributed by atoms with Crippen LogP contribution in [0.15, 0.2) is 54.6 Å². The Bertz CT molecular complexity index is 427. The van der Waals surface area contributed by atoms with Gasteiger partial charge in [-0.25, -0.2) is 0 Å². The van der Waals surface area contributed by atoms with E-state index in [-0.39, 0.29) is 11.6 Å². The van der Waals surface area contributed by atoms with Crippen LogP contribution in [0.3, 0.4) is 0 Å². The van der Waals surface area contributed by atoms with Gasteiger partial charge in [0.05, 0.1) is 0 Å². The predicted octanol–water partition coefficient (Wildman–Crippen LogP) is 3.35.